The van der Waals surface area contributed by atoms with E-state index in [9.17, 15) is 8.78 Å². The lowest BCUT2D eigenvalue weighted by atomic mass is 9.77. The van der Waals surface area contributed by atoms with Gasteiger partial charge in [-0.05, 0) is 37.7 Å². The molecule has 1 saturated heterocycles. The number of morpholine rings is 1. The van der Waals surface area contributed by atoms with Crippen LogP contribution in [-0.4, -0.2) is 18.7 Å². The summed E-state index contributed by atoms with van der Waals surface area (Å²) in [7, 11) is 0. The van der Waals surface area contributed by atoms with Crippen LogP contribution in [0.4, 0.5) is 8.78 Å². The summed E-state index contributed by atoms with van der Waals surface area (Å²) >= 11 is 0. The minimum atomic E-state index is -0.808. The summed E-state index contributed by atoms with van der Waals surface area (Å²) in [6.45, 7) is 3.41. The Morgan fingerprint density at radius 1 is 1.25 bits per heavy atom. The Bertz CT molecular complexity index is 473. The molecule has 0 bridgehead atoms. The molecule has 2 nitrogen and oxygen atoms in total. The van der Waals surface area contributed by atoms with E-state index in [-0.39, 0.29) is 5.54 Å². The Balaban J connectivity index is 1.68. The number of rotatable bonds is 1. The van der Waals surface area contributed by atoms with Crippen molar-refractivity contribution in [3.8, 4) is 0 Å². The Morgan fingerprint density at radius 3 is 2.65 bits per heavy atom. The molecule has 1 N–H and O–H groups in total. The second-order valence-electron chi connectivity index (χ2n) is 6.29. The predicted octanol–water partition coefficient (Wildman–Crippen LogP) is 3.57. The quantitative estimate of drug-likeness (QED) is 0.849. The van der Waals surface area contributed by atoms with Crippen molar-refractivity contribution in [3.05, 3.63) is 35.4 Å². The molecule has 3 rings (SSSR count). The van der Waals surface area contributed by atoms with Gasteiger partial charge in [-0.3, -0.25) is 0 Å². The molecule has 0 amide bonds. The molecule has 2 aliphatic rings. The molecule has 1 saturated carbocycles. The summed E-state index contributed by atoms with van der Waals surface area (Å²) in [5, 5.41) is 3.54. The second kappa shape index (κ2) is 5.41. The average Bonchev–Trinajstić information content (AvgIpc) is 2.47. The third-order valence-electron chi connectivity index (χ3n) is 4.78. The van der Waals surface area contributed by atoms with Gasteiger partial charge in [-0.25, -0.2) is 8.78 Å². The van der Waals surface area contributed by atoms with Gasteiger partial charge in [0.1, 0.15) is 0 Å². The molecule has 0 radical (unpaired) electrons. The summed E-state index contributed by atoms with van der Waals surface area (Å²) < 4.78 is 32.9. The van der Waals surface area contributed by atoms with E-state index in [0.29, 0.717) is 18.7 Å². The summed E-state index contributed by atoms with van der Waals surface area (Å²) in [5.74, 6) is -0.814. The number of nitrogens with one attached hydrogen (secondary N) is 1. The fourth-order valence-corrected chi connectivity index (χ4v) is 3.28. The molecule has 110 valence electrons. The normalized spacial score (nSPS) is 34.4. The highest BCUT2D eigenvalue weighted by atomic mass is 19.2. The van der Waals surface area contributed by atoms with Crippen molar-refractivity contribution in [1.82, 2.24) is 5.32 Å². The Kier molecular flexibility index (Phi) is 3.78. The van der Waals surface area contributed by atoms with Crippen LogP contribution in [0, 0.1) is 17.6 Å². The Morgan fingerprint density at radius 2 is 2.00 bits per heavy atom. The van der Waals surface area contributed by atoms with Gasteiger partial charge in [0.25, 0.3) is 0 Å². The van der Waals surface area contributed by atoms with Crippen LogP contribution >= 0.6 is 0 Å². The smallest absolute Gasteiger partial charge is 0.164 e. The van der Waals surface area contributed by atoms with Gasteiger partial charge in [-0.2, -0.15) is 0 Å². The Hall–Kier alpha value is -1.00. The van der Waals surface area contributed by atoms with Crippen LogP contribution in [0.3, 0.4) is 0 Å². The molecule has 1 aromatic rings. The third kappa shape index (κ3) is 2.59. The molecule has 4 heteroatoms. The van der Waals surface area contributed by atoms with E-state index in [1.807, 2.05) is 0 Å². The average molecular weight is 281 g/mol. The van der Waals surface area contributed by atoms with Crippen molar-refractivity contribution < 1.29 is 13.5 Å². The highest BCUT2D eigenvalue weighted by Crippen LogP contribution is 2.36. The van der Waals surface area contributed by atoms with Crippen molar-refractivity contribution in [2.45, 2.75) is 44.2 Å². The lowest BCUT2D eigenvalue weighted by Crippen LogP contribution is -2.56. The van der Waals surface area contributed by atoms with E-state index < -0.39 is 17.7 Å². The Labute approximate surface area is 118 Å². The van der Waals surface area contributed by atoms with Gasteiger partial charge in [-0.1, -0.05) is 19.1 Å². The minimum Gasteiger partial charge on any atom is -0.370 e. The highest BCUT2D eigenvalue weighted by molar-refractivity contribution is 5.22. The van der Waals surface area contributed by atoms with Crippen molar-refractivity contribution in [3.63, 3.8) is 0 Å². The summed E-state index contributed by atoms with van der Waals surface area (Å²) in [4.78, 5) is 0. The number of hydrogen-bond donors (Lipinski definition) is 1. The second-order valence-corrected chi connectivity index (χ2v) is 6.29. The summed E-state index contributed by atoms with van der Waals surface area (Å²) in [6.07, 6.45) is 4.22. The zero-order valence-corrected chi connectivity index (χ0v) is 11.8. The molecule has 1 aliphatic carbocycles. The minimum absolute atomic E-state index is 0.0484. The first-order valence-electron chi connectivity index (χ1n) is 7.40. The van der Waals surface area contributed by atoms with Gasteiger partial charge in [0, 0.05) is 17.6 Å². The van der Waals surface area contributed by atoms with Gasteiger partial charge in [0.15, 0.2) is 11.6 Å². The van der Waals surface area contributed by atoms with E-state index in [1.54, 1.807) is 6.07 Å². The largest absolute Gasteiger partial charge is 0.370 e. The van der Waals surface area contributed by atoms with E-state index in [1.165, 1.54) is 18.9 Å². The van der Waals surface area contributed by atoms with Crippen LogP contribution in [-0.2, 0) is 4.74 Å². The number of hydrogen-bond acceptors (Lipinski definition) is 2. The fraction of sp³-hybridized carbons (Fsp3) is 0.625. The van der Waals surface area contributed by atoms with Gasteiger partial charge in [0.2, 0.25) is 0 Å². The zero-order chi connectivity index (χ0) is 14.2. The van der Waals surface area contributed by atoms with Crippen molar-refractivity contribution >= 4 is 0 Å². The molecule has 1 heterocycles. The molecule has 1 spiro atoms. The predicted molar refractivity (Wildman–Crippen MR) is 73.4 cm³/mol. The van der Waals surface area contributed by atoms with Crippen LogP contribution in [0.1, 0.15) is 44.3 Å². The summed E-state index contributed by atoms with van der Waals surface area (Å²) in [5.41, 5.74) is 0.365. The molecule has 0 aromatic heterocycles. The van der Waals surface area contributed by atoms with Crippen molar-refractivity contribution in [1.29, 1.82) is 0 Å². The zero-order valence-electron chi connectivity index (χ0n) is 11.8. The van der Waals surface area contributed by atoms with Gasteiger partial charge >= 0.3 is 0 Å². The number of halogens is 2. The topological polar surface area (TPSA) is 21.3 Å². The first-order chi connectivity index (χ1) is 9.60. The standard InChI is InChI=1S/C16H21F2NO/c1-11-5-7-16(8-6-11)10-20-14(9-19-16)12-3-2-4-13(17)15(12)18/h2-4,11,14,19H,5-10H2,1H3. The lowest BCUT2D eigenvalue weighted by Gasteiger charge is -2.45. The molecular weight excluding hydrogens is 260 g/mol. The number of benzene rings is 1. The van der Waals surface area contributed by atoms with Gasteiger partial charge < -0.3 is 10.1 Å². The first kappa shape index (κ1) is 14.0. The number of ether oxygens (including phenoxy) is 1. The highest BCUT2D eigenvalue weighted by Gasteiger charge is 2.39. The molecular formula is C16H21F2NO. The van der Waals surface area contributed by atoms with E-state index in [4.69, 9.17) is 4.74 Å². The van der Waals surface area contributed by atoms with Crippen LogP contribution in [0.5, 0.6) is 0 Å². The van der Waals surface area contributed by atoms with E-state index >= 15 is 0 Å². The van der Waals surface area contributed by atoms with E-state index in [0.717, 1.165) is 24.8 Å². The van der Waals surface area contributed by atoms with Gasteiger partial charge in [-0.15, -0.1) is 0 Å². The van der Waals surface area contributed by atoms with Gasteiger partial charge in [0.05, 0.1) is 12.7 Å². The molecule has 1 atom stereocenters. The molecule has 1 aromatic carbocycles. The molecule has 2 fully saturated rings. The molecule has 1 unspecified atom stereocenters. The SMILES string of the molecule is CC1CCC2(CC1)COC(c1cccc(F)c1F)CN2. The van der Waals surface area contributed by atoms with Crippen LogP contribution < -0.4 is 5.32 Å². The monoisotopic (exact) mass is 281 g/mol. The van der Waals surface area contributed by atoms with Crippen LogP contribution in [0.25, 0.3) is 0 Å². The maximum absolute atomic E-state index is 13.8. The van der Waals surface area contributed by atoms with Crippen molar-refractivity contribution in [2.24, 2.45) is 5.92 Å². The van der Waals surface area contributed by atoms with Crippen LogP contribution in [0.15, 0.2) is 18.2 Å². The molecule has 20 heavy (non-hydrogen) atoms. The van der Waals surface area contributed by atoms with E-state index in [2.05, 4.69) is 12.2 Å². The third-order valence-corrected chi connectivity index (χ3v) is 4.78. The maximum atomic E-state index is 13.8. The fourth-order valence-electron chi connectivity index (χ4n) is 3.28. The first-order valence-corrected chi connectivity index (χ1v) is 7.40. The molecule has 1 aliphatic heterocycles. The van der Waals surface area contributed by atoms with Crippen molar-refractivity contribution in [2.75, 3.05) is 13.2 Å². The lowest BCUT2D eigenvalue weighted by molar-refractivity contribution is -0.0518. The van der Waals surface area contributed by atoms with Crippen LogP contribution in [0.2, 0.25) is 0 Å². The summed E-state index contributed by atoms with van der Waals surface area (Å²) in [6, 6.07) is 4.27. The maximum Gasteiger partial charge on any atom is 0.164 e.